The van der Waals surface area contributed by atoms with Crippen LogP contribution in [0, 0.1) is 17.9 Å². The van der Waals surface area contributed by atoms with Gasteiger partial charge in [-0.2, -0.15) is 0 Å². The first-order valence-corrected chi connectivity index (χ1v) is 30.6. The number of hydrogen-bond acceptors (Lipinski definition) is 4. The van der Waals surface area contributed by atoms with Crippen molar-refractivity contribution in [2.45, 2.75) is 78.8 Å². The number of fused-ring (bicyclic) bond motifs is 7. The summed E-state index contributed by atoms with van der Waals surface area (Å²) in [6, 6.07) is 54.1. The molecule has 0 atom stereocenters. The second-order valence-electron chi connectivity index (χ2n) is 20.6. The molecule has 7 aromatic carbocycles. The number of pyridine rings is 1. The van der Waals surface area contributed by atoms with E-state index in [1.165, 1.54) is 50.4 Å². The van der Waals surface area contributed by atoms with Gasteiger partial charge in [0.2, 0.25) is 0 Å². The first-order chi connectivity index (χ1) is 32.5. The predicted molar refractivity (Wildman–Crippen MR) is 288 cm³/mol. The third-order valence-electron chi connectivity index (χ3n) is 13.1. The maximum absolute atomic E-state index is 12.8. The van der Waals surface area contributed by atoms with Crippen molar-refractivity contribution in [2.75, 3.05) is 0 Å². The van der Waals surface area contributed by atoms with Crippen molar-refractivity contribution in [3.8, 4) is 39.5 Å². The van der Waals surface area contributed by atoms with Gasteiger partial charge in [-0.25, -0.2) is 0 Å². The third-order valence-corrected chi connectivity index (χ3v) is 17.2. The number of rotatable bonds is 8. The van der Waals surface area contributed by atoms with Gasteiger partial charge in [0.25, 0.3) is 0 Å². The Hall–Kier alpha value is -6.23. The van der Waals surface area contributed by atoms with Gasteiger partial charge in [-0.1, -0.05) is 150 Å². The molecule has 0 aliphatic carbocycles. The second kappa shape index (κ2) is 18.6. The average Bonchev–Trinajstić information content (AvgIpc) is 4.01. The summed E-state index contributed by atoms with van der Waals surface area (Å²) >= 11 is 0. The zero-order chi connectivity index (χ0) is 47.6. The van der Waals surface area contributed by atoms with Crippen LogP contribution in [0.3, 0.4) is 0 Å². The predicted octanol–water partition coefficient (Wildman–Crippen LogP) is 16.0. The third kappa shape index (κ3) is 9.10. The molecule has 0 saturated carbocycles. The molecule has 5 nitrogen and oxygen atoms in total. The van der Waals surface area contributed by atoms with Gasteiger partial charge in [0.05, 0.1) is 38.6 Å². The quantitative estimate of drug-likeness (QED) is 0.112. The van der Waals surface area contributed by atoms with Gasteiger partial charge in [-0.15, -0.1) is 48.0 Å². The van der Waals surface area contributed by atoms with E-state index in [2.05, 4.69) is 180 Å². The minimum absolute atomic E-state index is 0. The Bertz CT molecular complexity index is 3620. The fourth-order valence-corrected chi connectivity index (χ4v) is 11.5. The van der Waals surface area contributed by atoms with Crippen molar-refractivity contribution in [3.63, 3.8) is 0 Å². The van der Waals surface area contributed by atoms with E-state index >= 15 is 0 Å². The molecule has 0 unspecified atom stereocenters. The Morgan fingerprint density at radius 3 is 1.87 bits per heavy atom. The van der Waals surface area contributed by atoms with E-state index in [0.717, 1.165) is 77.6 Å². The minimum Gasteiger partial charge on any atom is -0.501 e. The molecule has 0 N–H and O–H groups in total. The largest absolute Gasteiger partial charge is 0.501 e. The molecule has 11 aromatic rings. The van der Waals surface area contributed by atoms with Crippen LogP contribution in [-0.2, 0) is 20.1 Å². The van der Waals surface area contributed by atoms with Gasteiger partial charge in [-0.05, 0) is 87.4 Å². The molecule has 349 valence electrons. The fourth-order valence-electron chi connectivity index (χ4n) is 9.25. The Kier molecular flexibility index (Phi) is 12.9. The fraction of sp³-hybridized carbons (Fsp3) is 0.200. The second-order valence-corrected chi connectivity index (χ2v) is 30.8. The molecule has 0 bridgehead atoms. The molecule has 9 heteroatoms. The number of halogens is 1. The summed E-state index contributed by atoms with van der Waals surface area (Å²) in [5.41, 5.74) is 14.1. The average molecular weight is 1120 g/mol. The van der Waals surface area contributed by atoms with Crippen molar-refractivity contribution in [1.29, 1.82) is 0 Å². The van der Waals surface area contributed by atoms with Crippen LogP contribution in [-0.4, -0.2) is 30.7 Å². The summed E-state index contributed by atoms with van der Waals surface area (Å²) < 4.78 is 28.2. The van der Waals surface area contributed by atoms with Crippen molar-refractivity contribution >= 4 is 81.4 Å². The van der Waals surface area contributed by atoms with Crippen LogP contribution < -0.4 is 10.4 Å². The Labute approximate surface area is 419 Å². The van der Waals surface area contributed by atoms with Crippen molar-refractivity contribution in [2.24, 2.45) is 0 Å². The number of para-hydroxylation sites is 3. The summed E-state index contributed by atoms with van der Waals surface area (Å²) in [4.78, 5) is 9.76. The van der Waals surface area contributed by atoms with Crippen LogP contribution in [0.15, 0.2) is 155 Å². The van der Waals surface area contributed by atoms with Crippen LogP contribution in [0.5, 0.6) is 0 Å². The van der Waals surface area contributed by atoms with Crippen molar-refractivity contribution < 1.29 is 33.3 Å². The van der Waals surface area contributed by atoms with Crippen LogP contribution >= 0.6 is 0 Å². The molecular formula is C60H56FIrN3O2Si2-2. The van der Waals surface area contributed by atoms with E-state index < -0.39 is 16.1 Å². The molecule has 0 amide bonds. The zero-order valence-corrected chi connectivity index (χ0v) is 45.3. The standard InChI is InChI=1S/C46H41N2O2Si.C14H15FNSi.Ir/c1-27(2)35-23-30(29-19-21-31(22-20-29)51(5,6)7)24-36(28(3)4)44(35)48-40-17-10-9-16-39(40)47-46(48)34-15-12-14-33-38-26-42-37(25-43(38)50-45(33)34)32-13-8-11-18-41(32)49-42;1-17(2,3)13-8-9-14(16-10-13)11-4-6-12(15)7-5-11;/h8-14,16-28H,1-7H3;4,6-10H,1-3H3;/q2*-1;. The van der Waals surface area contributed by atoms with E-state index in [1.54, 1.807) is 6.07 Å². The van der Waals surface area contributed by atoms with Crippen LogP contribution in [0.2, 0.25) is 39.3 Å². The molecule has 0 aliphatic rings. The number of imidazole rings is 1. The molecule has 0 spiro atoms. The Morgan fingerprint density at radius 2 is 1.23 bits per heavy atom. The number of furan rings is 2. The van der Waals surface area contributed by atoms with Gasteiger partial charge in [0, 0.05) is 54.0 Å². The first-order valence-electron chi connectivity index (χ1n) is 23.6. The number of nitrogens with zero attached hydrogens (tertiary/aromatic N) is 3. The molecule has 0 aliphatic heterocycles. The Balaban J connectivity index is 0.000000279. The summed E-state index contributed by atoms with van der Waals surface area (Å²) in [5, 5.41) is 6.97. The van der Waals surface area contributed by atoms with E-state index in [4.69, 9.17) is 13.8 Å². The number of benzene rings is 7. The normalized spacial score (nSPS) is 12.1. The van der Waals surface area contributed by atoms with Crippen LogP contribution in [0.4, 0.5) is 4.39 Å². The molecule has 4 heterocycles. The molecular weight excluding hydrogens is 1060 g/mol. The first kappa shape index (κ1) is 47.8. The molecule has 0 saturated heterocycles. The topological polar surface area (TPSA) is 57.0 Å². The number of hydrogen-bond donors (Lipinski definition) is 0. The molecule has 4 aromatic heterocycles. The monoisotopic (exact) mass is 1120 g/mol. The maximum Gasteiger partial charge on any atom is 0.136 e. The number of aromatic nitrogens is 3. The van der Waals surface area contributed by atoms with Crippen LogP contribution in [0.1, 0.15) is 50.7 Å². The molecule has 11 rings (SSSR count). The van der Waals surface area contributed by atoms with Crippen LogP contribution in [0.25, 0.3) is 94.4 Å². The van der Waals surface area contributed by atoms with Gasteiger partial charge in [0.1, 0.15) is 16.7 Å². The summed E-state index contributed by atoms with van der Waals surface area (Å²) in [6.45, 7) is 23.3. The molecule has 0 fully saturated rings. The van der Waals surface area contributed by atoms with Gasteiger partial charge in [-0.3, -0.25) is 9.37 Å². The van der Waals surface area contributed by atoms with Crippen molar-refractivity contribution in [1.82, 2.24) is 14.5 Å². The van der Waals surface area contributed by atoms with Gasteiger partial charge >= 0.3 is 0 Å². The summed E-state index contributed by atoms with van der Waals surface area (Å²) in [6.07, 6.45) is 1.93. The van der Waals surface area contributed by atoms with E-state index in [1.807, 2.05) is 36.5 Å². The Morgan fingerprint density at radius 1 is 0.594 bits per heavy atom. The molecule has 69 heavy (non-hydrogen) atoms. The van der Waals surface area contributed by atoms with Gasteiger partial charge in [0.15, 0.2) is 0 Å². The van der Waals surface area contributed by atoms with Gasteiger partial charge < -0.3 is 18.4 Å². The van der Waals surface area contributed by atoms with Crippen molar-refractivity contribution in [3.05, 3.63) is 175 Å². The minimum atomic E-state index is -1.40. The van der Waals surface area contributed by atoms with E-state index in [0.29, 0.717) is 0 Å². The summed E-state index contributed by atoms with van der Waals surface area (Å²) in [5.74, 6) is 1.09. The van der Waals surface area contributed by atoms with E-state index in [9.17, 15) is 4.39 Å². The maximum atomic E-state index is 12.8. The zero-order valence-electron chi connectivity index (χ0n) is 40.9. The SMILES string of the molecule is CC(C)c1cc(-c2ccc([Si](C)(C)C)cc2)cc(C(C)C)c1-n1c(-c2[c-]ccc3c2oc2cc4c(cc23)oc2ccccc24)nc2ccccc21.C[Si](C)(C)c1ccc(-c2[c-]cc(F)cc2)nc1.[Ir]. The molecule has 1 radical (unpaired) electrons. The smallest absolute Gasteiger partial charge is 0.136 e. The summed E-state index contributed by atoms with van der Waals surface area (Å²) in [7, 11) is -2.70. The van der Waals surface area contributed by atoms with E-state index in [-0.39, 0.29) is 37.8 Å².